The van der Waals surface area contributed by atoms with Gasteiger partial charge in [-0.2, -0.15) is 13.2 Å². The van der Waals surface area contributed by atoms with E-state index in [1.54, 1.807) is 0 Å². The van der Waals surface area contributed by atoms with E-state index >= 15 is 0 Å². The standard InChI is InChI=1S/C16H19BF4O3/c1-14(2)15(3,4)24-17(23-14)12(9-22)7-10-5-6-11(8-13(10)18)16(19,20)21/h5-8,22H,9H2,1-4H3. The second-order valence-corrected chi connectivity index (χ2v) is 6.70. The summed E-state index contributed by atoms with van der Waals surface area (Å²) >= 11 is 0. The number of aliphatic hydroxyl groups excluding tert-OH is 1. The molecule has 8 heteroatoms. The van der Waals surface area contributed by atoms with E-state index in [4.69, 9.17) is 9.31 Å². The van der Waals surface area contributed by atoms with Crippen LogP contribution in [-0.4, -0.2) is 30.0 Å². The lowest BCUT2D eigenvalue weighted by atomic mass is 9.77. The van der Waals surface area contributed by atoms with Crippen molar-refractivity contribution in [3.8, 4) is 0 Å². The molecule has 1 N–H and O–H groups in total. The number of alkyl halides is 3. The van der Waals surface area contributed by atoms with Gasteiger partial charge >= 0.3 is 13.3 Å². The molecule has 2 rings (SSSR count). The summed E-state index contributed by atoms with van der Waals surface area (Å²) in [5.41, 5.74) is -2.22. The number of hydrogen-bond donors (Lipinski definition) is 1. The van der Waals surface area contributed by atoms with Gasteiger partial charge in [-0.15, -0.1) is 0 Å². The average molecular weight is 346 g/mol. The molecule has 0 radical (unpaired) electrons. The minimum Gasteiger partial charge on any atom is -0.400 e. The van der Waals surface area contributed by atoms with Crippen molar-refractivity contribution in [3.63, 3.8) is 0 Å². The van der Waals surface area contributed by atoms with Gasteiger partial charge in [0.05, 0.1) is 23.4 Å². The number of rotatable bonds is 3. The first-order chi connectivity index (χ1) is 10.9. The van der Waals surface area contributed by atoms with Gasteiger partial charge in [-0.3, -0.25) is 0 Å². The van der Waals surface area contributed by atoms with E-state index in [1.807, 2.05) is 27.7 Å². The molecule has 1 heterocycles. The lowest BCUT2D eigenvalue weighted by Crippen LogP contribution is -2.41. The summed E-state index contributed by atoms with van der Waals surface area (Å²) in [6.45, 7) is 6.81. The van der Waals surface area contributed by atoms with Gasteiger partial charge in [0.15, 0.2) is 0 Å². The van der Waals surface area contributed by atoms with E-state index in [0.29, 0.717) is 6.07 Å². The van der Waals surface area contributed by atoms with Crippen LogP contribution in [0.5, 0.6) is 0 Å². The van der Waals surface area contributed by atoms with E-state index in [1.165, 1.54) is 6.08 Å². The Morgan fingerprint density at radius 3 is 2.12 bits per heavy atom. The third kappa shape index (κ3) is 3.65. The molecule has 0 bridgehead atoms. The molecule has 0 aliphatic carbocycles. The van der Waals surface area contributed by atoms with Crippen LogP contribution in [0.15, 0.2) is 23.7 Å². The molecule has 1 aromatic carbocycles. The Balaban J connectivity index is 2.32. The zero-order chi connectivity index (χ0) is 18.3. The van der Waals surface area contributed by atoms with Gasteiger partial charge in [-0.1, -0.05) is 12.1 Å². The number of halogens is 4. The van der Waals surface area contributed by atoms with Gasteiger partial charge < -0.3 is 14.4 Å². The Kier molecular flexibility index (Phi) is 4.87. The molecule has 132 valence electrons. The van der Waals surface area contributed by atoms with Crippen molar-refractivity contribution in [1.29, 1.82) is 0 Å². The van der Waals surface area contributed by atoms with E-state index in [2.05, 4.69) is 0 Å². The van der Waals surface area contributed by atoms with E-state index in [0.717, 1.165) is 12.1 Å². The molecule has 0 amide bonds. The minimum atomic E-state index is -4.62. The van der Waals surface area contributed by atoms with Crippen LogP contribution in [0.25, 0.3) is 6.08 Å². The largest absolute Gasteiger partial charge is 0.492 e. The van der Waals surface area contributed by atoms with Crippen LogP contribution in [0.4, 0.5) is 17.6 Å². The SMILES string of the molecule is CC1(C)OB(C(=Cc2ccc(C(F)(F)F)cc2F)CO)OC1(C)C. The molecule has 1 aromatic rings. The van der Waals surface area contributed by atoms with Crippen molar-refractivity contribution in [1.82, 2.24) is 0 Å². The predicted octanol–water partition coefficient (Wildman–Crippen LogP) is 3.85. The van der Waals surface area contributed by atoms with Crippen molar-refractivity contribution >= 4 is 13.2 Å². The van der Waals surface area contributed by atoms with Crippen LogP contribution in [0, 0.1) is 5.82 Å². The van der Waals surface area contributed by atoms with Crippen LogP contribution in [0.3, 0.4) is 0 Å². The zero-order valence-corrected chi connectivity index (χ0v) is 13.9. The highest BCUT2D eigenvalue weighted by atomic mass is 19.4. The molecule has 0 atom stereocenters. The lowest BCUT2D eigenvalue weighted by molar-refractivity contribution is -0.137. The van der Waals surface area contributed by atoms with Crippen LogP contribution in [0.1, 0.15) is 38.8 Å². The zero-order valence-electron chi connectivity index (χ0n) is 13.9. The summed E-state index contributed by atoms with van der Waals surface area (Å²) in [4.78, 5) is 0. The van der Waals surface area contributed by atoms with Crippen molar-refractivity contribution in [2.24, 2.45) is 0 Å². The predicted molar refractivity (Wildman–Crippen MR) is 82.5 cm³/mol. The minimum absolute atomic E-state index is 0.0817. The Hall–Kier alpha value is -1.38. The number of benzene rings is 1. The van der Waals surface area contributed by atoms with Crippen LogP contribution < -0.4 is 0 Å². The summed E-state index contributed by atoms with van der Waals surface area (Å²) in [7, 11) is -0.901. The van der Waals surface area contributed by atoms with E-state index in [-0.39, 0.29) is 11.0 Å². The van der Waals surface area contributed by atoms with Gasteiger partial charge in [0.25, 0.3) is 0 Å². The highest BCUT2D eigenvalue weighted by molar-refractivity contribution is 6.55. The van der Waals surface area contributed by atoms with Gasteiger partial charge in [0, 0.05) is 5.56 Å². The number of aliphatic hydroxyl groups is 1. The van der Waals surface area contributed by atoms with Crippen molar-refractivity contribution in [3.05, 3.63) is 40.6 Å². The van der Waals surface area contributed by atoms with E-state index < -0.39 is 42.5 Å². The fourth-order valence-electron chi connectivity index (χ4n) is 2.20. The summed E-state index contributed by atoms with van der Waals surface area (Å²) in [6.07, 6.45) is -3.37. The van der Waals surface area contributed by atoms with Crippen LogP contribution in [0.2, 0.25) is 0 Å². The Morgan fingerprint density at radius 2 is 1.71 bits per heavy atom. The molecular formula is C16H19BF4O3. The number of hydrogen-bond acceptors (Lipinski definition) is 3. The topological polar surface area (TPSA) is 38.7 Å². The second kappa shape index (κ2) is 6.17. The highest BCUT2D eigenvalue weighted by Crippen LogP contribution is 2.39. The summed E-state index contributed by atoms with van der Waals surface area (Å²) in [5, 5.41) is 9.53. The van der Waals surface area contributed by atoms with Gasteiger partial charge in [-0.05, 0) is 45.3 Å². The smallest absolute Gasteiger partial charge is 0.400 e. The van der Waals surface area contributed by atoms with Gasteiger partial charge in [-0.25, -0.2) is 4.39 Å². The van der Waals surface area contributed by atoms with Crippen LogP contribution in [-0.2, 0) is 15.5 Å². The molecule has 3 nitrogen and oxygen atoms in total. The summed E-state index contributed by atoms with van der Waals surface area (Å²) in [6, 6.07) is 2.22. The van der Waals surface area contributed by atoms with E-state index in [9.17, 15) is 22.7 Å². The first-order valence-corrected chi connectivity index (χ1v) is 7.41. The molecule has 1 aliphatic rings. The summed E-state index contributed by atoms with van der Waals surface area (Å²) < 4.78 is 63.2. The molecule has 1 fully saturated rings. The molecule has 1 saturated heterocycles. The van der Waals surface area contributed by atoms with Crippen molar-refractivity contribution in [2.45, 2.75) is 45.1 Å². The quantitative estimate of drug-likeness (QED) is 0.667. The molecule has 0 spiro atoms. The normalized spacial score (nSPS) is 20.5. The Bertz CT molecular complexity index is 637. The monoisotopic (exact) mass is 346 g/mol. The maximum atomic E-state index is 14.0. The van der Waals surface area contributed by atoms with Gasteiger partial charge in [0.2, 0.25) is 0 Å². The molecule has 0 saturated carbocycles. The first-order valence-electron chi connectivity index (χ1n) is 7.41. The lowest BCUT2D eigenvalue weighted by Gasteiger charge is -2.32. The van der Waals surface area contributed by atoms with Gasteiger partial charge in [0.1, 0.15) is 5.82 Å². The van der Waals surface area contributed by atoms with Crippen molar-refractivity contribution < 1.29 is 32.0 Å². The highest BCUT2D eigenvalue weighted by Gasteiger charge is 2.52. The van der Waals surface area contributed by atoms with Crippen LogP contribution >= 0.6 is 0 Å². The Morgan fingerprint density at radius 1 is 1.17 bits per heavy atom. The Labute approximate surface area is 138 Å². The maximum Gasteiger partial charge on any atom is 0.492 e. The third-order valence-corrected chi connectivity index (χ3v) is 4.41. The average Bonchev–Trinajstić information content (AvgIpc) is 2.64. The fourth-order valence-corrected chi connectivity index (χ4v) is 2.20. The maximum absolute atomic E-state index is 14.0. The summed E-state index contributed by atoms with van der Waals surface area (Å²) in [5.74, 6) is -1.03. The third-order valence-electron chi connectivity index (χ3n) is 4.41. The molecule has 0 unspecified atom stereocenters. The van der Waals surface area contributed by atoms with Crippen molar-refractivity contribution in [2.75, 3.05) is 6.61 Å². The first kappa shape index (κ1) is 19.0. The molecule has 0 aromatic heterocycles. The molecular weight excluding hydrogens is 327 g/mol. The molecule has 24 heavy (non-hydrogen) atoms. The molecule has 1 aliphatic heterocycles. The second-order valence-electron chi connectivity index (χ2n) is 6.70. The fraction of sp³-hybridized carbons (Fsp3) is 0.500.